The molecule has 128 valence electrons. The average molecular weight is 353 g/mol. The van der Waals surface area contributed by atoms with Gasteiger partial charge in [-0.25, -0.2) is 0 Å². The van der Waals surface area contributed by atoms with Crippen molar-refractivity contribution in [3.8, 4) is 11.5 Å². The first-order chi connectivity index (χ1) is 12.2. The molecule has 0 saturated carbocycles. The van der Waals surface area contributed by atoms with Gasteiger partial charge in [0, 0.05) is 29.4 Å². The summed E-state index contributed by atoms with van der Waals surface area (Å²) in [5.74, 6) is 1.56. The van der Waals surface area contributed by atoms with E-state index in [1.54, 1.807) is 20.4 Å². The van der Waals surface area contributed by atoms with Crippen LogP contribution in [0.15, 0.2) is 54.7 Å². The number of anilines is 1. The van der Waals surface area contributed by atoms with Crippen LogP contribution in [0.2, 0.25) is 0 Å². The SMILES string of the molecule is COc1ccccc1CNC(=S)Nc1ccc(OC)c2ncccc12. The first kappa shape index (κ1) is 17.0. The lowest BCUT2D eigenvalue weighted by molar-refractivity contribution is 0.409. The molecule has 0 aliphatic rings. The average Bonchev–Trinajstić information content (AvgIpc) is 2.67. The highest BCUT2D eigenvalue weighted by atomic mass is 32.1. The molecule has 0 fully saturated rings. The Kier molecular flexibility index (Phi) is 5.30. The van der Waals surface area contributed by atoms with Crippen molar-refractivity contribution in [1.82, 2.24) is 10.3 Å². The molecule has 1 heterocycles. The number of methoxy groups -OCH3 is 2. The molecule has 25 heavy (non-hydrogen) atoms. The van der Waals surface area contributed by atoms with Gasteiger partial charge < -0.3 is 20.1 Å². The van der Waals surface area contributed by atoms with Gasteiger partial charge in [-0.2, -0.15) is 0 Å². The van der Waals surface area contributed by atoms with Crippen LogP contribution in [0, 0.1) is 0 Å². The fourth-order valence-electron chi connectivity index (χ4n) is 2.61. The standard InChI is InChI=1S/C19H19N3O2S/c1-23-16-8-4-3-6-13(16)12-21-19(25)22-15-9-10-17(24-2)18-14(15)7-5-11-20-18/h3-11H,12H2,1-2H3,(H2,21,22,25). The normalized spacial score (nSPS) is 10.3. The lowest BCUT2D eigenvalue weighted by Gasteiger charge is -2.14. The summed E-state index contributed by atoms with van der Waals surface area (Å²) >= 11 is 5.42. The number of ether oxygens (including phenoxy) is 2. The Bertz CT molecular complexity index is 899. The Morgan fingerprint density at radius 2 is 1.80 bits per heavy atom. The summed E-state index contributed by atoms with van der Waals surface area (Å²) in [5, 5.41) is 7.91. The lowest BCUT2D eigenvalue weighted by atomic mass is 10.1. The smallest absolute Gasteiger partial charge is 0.171 e. The van der Waals surface area contributed by atoms with Crippen LogP contribution in [0.1, 0.15) is 5.56 Å². The highest BCUT2D eigenvalue weighted by Crippen LogP contribution is 2.29. The Morgan fingerprint density at radius 3 is 2.60 bits per heavy atom. The molecule has 5 nitrogen and oxygen atoms in total. The minimum atomic E-state index is 0.529. The molecular weight excluding hydrogens is 334 g/mol. The molecule has 3 aromatic rings. The number of nitrogens with one attached hydrogen (secondary N) is 2. The molecule has 0 atom stereocenters. The highest BCUT2D eigenvalue weighted by Gasteiger charge is 2.09. The van der Waals surface area contributed by atoms with E-state index < -0.39 is 0 Å². The van der Waals surface area contributed by atoms with Gasteiger partial charge in [0.25, 0.3) is 0 Å². The number of nitrogens with zero attached hydrogens (tertiary/aromatic N) is 1. The van der Waals surface area contributed by atoms with E-state index in [1.807, 2.05) is 48.5 Å². The van der Waals surface area contributed by atoms with Gasteiger partial charge in [0.1, 0.15) is 17.0 Å². The van der Waals surface area contributed by atoms with E-state index in [0.29, 0.717) is 11.7 Å². The van der Waals surface area contributed by atoms with E-state index in [-0.39, 0.29) is 0 Å². The van der Waals surface area contributed by atoms with Gasteiger partial charge in [-0.15, -0.1) is 0 Å². The molecule has 0 radical (unpaired) electrons. The third-order valence-corrected chi connectivity index (χ3v) is 4.08. The number of benzene rings is 2. The van der Waals surface area contributed by atoms with Crippen LogP contribution in [-0.4, -0.2) is 24.3 Å². The maximum Gasteiger partial charge on any atom is 0.171 e. The summed E-state index contributed by atoms with van der Waals surface area (Å²) in [7, 11) is 3.29. The van der Waals surface area contributed by atoms with Crippen molar-refractivity contribution in [1.29, 1.82) is 0 Å². The van der Waals surface area contributed by atoms with Crippen LogP contribution >= 0.6 is 12.2 Å². The first-order valence-electron chi connectivity index (χ1n) is 7.81. The third-order valence-electron chi connectivity index (χ3n) is 3.83. The number of aromatic nitrogens is 1. The number of pyridine rings is 1. The van der Waals surface area contributed by atoms with Gasteiger partial charge in [0.15, 0.2) is 5.11 Å². The zero-order chi connectivity index (χ0) is 17.6. The highest BCUT2D eigenvalue weighted by molar-refractivity contribution is 7.80. The molecule has 0 aliphatic heterocycles. The largest absolute Gasteiger partial charge is 0.496 e. The molecule has 0 aliphatic carbocycles. The summed E-state index contributed by atoms with van der Waals surface area (Å²) in [5.41, 5.74) is 2.71. The minimum Gasteiger partial charge on any atom is -0.496 e. The first-order valence-corrected chi connectivity index (χ1v) is 8.22. The number of hydrogen-bond acceptors (Lipinski definition) is 4. The molecule has 6 heteroatoms. The van der Waals surface area contributed by atoms with E-state index in [2.05, 4.69) is 15.6 Å². The second kappa shape index (κ2) is 7.81. The fourth-order valence-corrected chi connectivity index (χ4v) is 2.79. The Hall–Kier alpha value is -2.86. The zero-order valence-corrected chi connectivity index (χ0v) is 14.9. The van der Waals surface area contributed by atoms with Crippen LogP contribution in [0.4, 0.5) is 5.69 Å². The van der Waals surface area contributed by atoms with Gasteiger partial charge in [0.05, 0.1) is 14.2 Å². The van der Waals surface area contributed by atoms with Crippen molar-refractivity contribution < 1.29 is 9.47 Å². The maximum absolute atomic E-state index is 5.42. The molecule has 2 aromatic carbocycles. The third kappa shape index (κ3) is 3.80. The number of thiocarbonyl (C=S) groups is 1. The van der Waals surface area contributed by atoms with Crippen LogP contribution in [-0.2, 0) is 6.54 Å². The summed E-state index contributed by atoms with van der Waals surface area (Å²) in [6.45, 7) is 0.572. The molecule has 0 unspecified atom stereocenters. The lowest BCUT2D eigenvalue weighted by Crippen LogP contribution is -2.28. The predicted molar refractivity (Wildman–Crippen MR) is 104 cm³/mol. The van der Waals surface area contributed by atoms with E-state index in [4.69, 9.17) is 21.7 Å². The number of rotatable bonds is 5. The van der Waals surface area contributed by atoms with Gasteiger partial charge in [-0.3, -0.25) is 4.98 Å². The van der Waals surface area contributed by atoms with Gasteiger partial charge >= 0.3 is 0 Å². The van der Waals surface area contributed by atoms with Crippen molar-refractivity contribution in [3.63, 3.8) is 0 Å². The van der Waals surface area contributed by atoms with Crippen LogP contribution < -0.4 is 20.1 Å². The number of para-hydroxylation sites is 1. The van der Waals surface area contributed by atoms with Gasteiger partial charge in [0.2, 0.25) is 0 Å². The summed E-state index contributed by atoms with van der Waals surface area (Å²) < 4.78 is 10.7. The summed E-state index contributed by atoms with van der Waals surface area (Å²) in [4.78, 5) is 4.39. The molecule has 0 saturated heterocycles. The minimum absolute atomic E-state index is 0.529. The van der Waals surface area contributed by atoms with Crippen LogP contribution in [0.3, 0.4) is 0 Å². The van der Waals surface area contributed by atoms with E-state index in [1.165, 1.54) is 0 Å². The van der Waals surface area contributed by atoms with Crippen molar-refractivity contribution in [3.05, 3.63) is 60.3 Å². The second-order valence-electron chi connectivity index (χ2n) is 5.33. The van der Waals surface area contributed by atoms with E-state index >= 15 is 0 Å². The van der Waals surface area contributed by atoms with Crippen molar-refractivity contribution in [2.75, 3.05) is 19.5 Å². The molecular formula is C19H19N3O2S. The topological polar surface area (TPSA) is 55.4 Å². The second-order valence-corrected chi connectivity index (χ2v) is 5.74. The fraction of sp³-hybridized carbons (Fsp3) is 0.158. The van der Waals surface area contributed by atoms with Gasteiger partial charge in [-0.1, -0.05) is 18.2 Å². The van der Waals surface area contributed by atoms with Gasteiger partial charge in [-0.05, 0) is 42.5 Å². The van der Waals surface area contributed by atoms with Crippen LogP contribution in [0.5, 0.6) is 11.5 Å². The van der Waals surface area contributed by atoms with Crippen molar-refractivity contribution in [2.24, 2.45) is 0 Å². The Balaban J connectivity index is 1.74. The monoisotopic (exact) mass is 353 g/mol. The number of hydrogen-bond donors (Lipinski definition) is 2. The molecule has 0 amide bonds. The summed E-state index contributed by atoms with van der Waals surface area (Å²) in [6, 6.07) is 15.5. The Labute approximate surface area is 152 Å². The quantitative estimate of drug-likeness (QED) is 0.682. The molecule has 2 N–H and O–H groups in total. The van der Waals surface area contributed by atoms with Crippen molar-refractivity contribution in [2.45, 2.75) is 6.54 Å². The molecule has 1 aromatic heterocycles. The zero-order valence-electron chi connectivity index (χ0n) is 14.1. The predicted octanol–water partition coefficient (Wildman–Crippen LogP) is 3.74. The molecule has 0 bridgehead atoms. The molecule has 0 spiro atoms. The van der Waals surface area contributed by atoms with Crippen molar-refractivity contribution >= 4 is 33.9 Å². The van der Waals surface area contributed by atoms with E-state index in [9.17, 15) is 0 Å². The molecule has 3 rings (SSSR count). The summed E-state index contributed by atoms with van der Waals surface area (Å²) in [6.07, 6.45) is 1.74. The maximum atomic E-state index is 5.42. The van der Waals surface area contributed by atoms with E-state index in [0.717, 1.165) is 33.7 Å². The number of fused-ring (bicyclic) bond motifs is 1. The van der Waals surface area contributed by atoms with Crippen LogP contribution in [0.25, 0.3) is 10.9 Å². The Morgan fingerprint density at radius 1 is 1.00 bits per heavy atom.